The maximum atomic E-state index is 12.8. The summed E-state index contributed by atoms with van der Waals surface area (Å²) in [4.78, 5) is 14.3. The Bertz CT molecular complexity index is 1020. The number of alkyl halides is 3. The summed E-state index contributed by atoms with van der Waals surface area (Å²) in [6.07, 6.45) is -1.35. The highest BCUT2D eigenvalue weighted by atomic mass is 32.1. The van der Waals surface area contributed by atoms with E-state index < -0.39 is 12.6 Å². The number of nitrogens with zero attached hydrogens (tertiary/aromatic N) is 4. The molecule has 2 aromatic heterocycles. The summed E-state index contributed by atoms with van der Waals surface area (Å²) in [5.74, 6) is 0.780. The van der Waals surface area contributed by atoms with Gasteiger partial charge in [0.15, 0.2) is 0 Å². The molecule has 0 saturated carbocycles. The highest BCUT2D eigenvalue weighted by Crippen LogP contribution is 2.44. The maximum absolute atomic E-state index is 12.8. The molecular weight excluding hydrogens is 409 g/mol. The third-order valence-electron chi connectivity index (χ3n) is 6.25. The first-order chi connectivity index (χ1) is 14.4. The van der Waals surface area contributed by atoms with Crippen molar-refractivity contribution in [3.63, 3.8) is 0 Å². The lowest BCUT2D eigenvalue weighted by Crippen LogP contribution is -2.60. The molecule has 0 aliphatic carbocycles. The van der Waals surface area contributed by atoms with E-state index in [1.165, 1.54) is 11.9 Å². The van der Waals surface area contributed by atoms with Crippen LogP contribution < -0.4 is 4.90 Å². The van der Waals surface area contributed by atoms with E-state index in [9.17, 15) is 13.2 Å². The Hall–Kier alpha value is -2.19. The number of halogens is 3. The van der Waals surface area contributed by atoms with Gasteiger partial charge in [0.1, 0.15) is 17.0 Å². The van der Waals surface area contributed by atoms with Gasteiger partial charge in [-0.3, -0.25) is 4.90 Å². The first kappa shape index (κ1) is 19.8. The number of fused-ring (bicyclic) bond motifs is 1. The molecule has 1 aromatic carbocycles. The van der Waals surface area contributed by atoms with Crippen molar-refractivity contribution in [2.24, 2.45) is 5.41 Å². The Kier molecular flexibility index (Phi) is 4.94. The maximum Gasteiger partial charge on any atom is 0.393 e. The lowest BCUT2D eigenvalue weighted by molar-refractivity contribution is -0.126. The fourth-order valence-corrected chi connectivity index (χ4v) is 5.71. The smallest absolute Gasteiger partial charge is 0.355 e. The zero-order chi connectivity index (χ0) is 20.8. The summed E-state index contributed by atoms with van der Waals surface area (Å²) >= 11 is 1.11. The van der Waals surface area contributed by atoms with Gasteiger partial charge in [-0.05, 0) is 37.6 Å². The van der Waals surface area contributed by atoms with Crippen LogP contribution in [-0.4, -0.2) is 47.2 Å². The van der Waals surface area contributed by atoms with Gasteiger partial charge in [0.2, 0.25) is 0 Å². The normalized spacial score (nSPS) is 19.4. The van der Waals surface area contributed by atoms with Gasteiger partial charge >= 0.3 is 6.18 Å². The Balaban J connectivity index is 1.23. The molecule has 4 heterocycles. The van der Waals surface area contributed by atoms with Crippen LogP contribution in [0, 0.1) is 5.41 Å². The molecule has 0 radical (unpaired) electrons. The number of benzene rings is 1. The van der Waals surface area contributed by atoms with Crippen LogP contribution in [0.1, 0.15) is 23.3 Å². The molecule has 0 atom stereocenters. The number of hydrogen-bond acceptors (Lipinski definition) is 5. The van der Waals surface area contributed by atoms with Crippen LogP contribution in [0.25, 0.3) is 10.2 Å². The molecule has 2 fully saturated rings. The van der Waals surface area contributed by atoms with E-state index in [0.29, 0.717) is 15.1 Å². The van der Waals surface area contributed by atoms with Gasteiger partial charge in [-0.25, -0.2) is 9.97 Å². The molecule has 8 heteroatoms. The highest BCUT2D eigenvalue weighted by molar-refractivity contribution is 7.18. The summed E-state index contributed by atoms with van der Waals surface area (Å²) in [7, 11) is 0. The number of piperidine rings is 1. The van der Waals surface area contributed by atoms with E-state index in [1.54, 1.807) is 6.07 Å². The van der Waals surface area contributed by atoms with Crippen molar-refractivity contribution < 1.29 is 13.2 Å². The molecule has 3 aromatic rings. The second-order valence-corrected chi connectivity index (χ2v) is 9.65. The quantitative estimate of drug-likeness (QED) is 0.587. The van der Waals surface area contributed by atoms with Gasteiger partial charge < -0.3 is 4.90 Å². The molecule has 0 N–H and O–H groups in total. The molecule has 2 saturated heterocycles. The van der Waals surface area contributed by atoms with Crippen LogP contribution in [0.2, 0.25) is 0 Å². The van der Waals surface area contributed by atoms with Gasteiger partial charge in [0, 0.05) is 29.9 Å². The summed E-state index contributed by atoms with van der Waals surface area (Å²) in [5, 5.41) is 0.748. The third-order valence-corrected chi connectivity index (χ3v) is 7.29. The van der Waals surface area contributed by atoms with Gasteiger partial charge in [-0.2, -0.15) is 13.2 Å². The van der Waals surface area contributed by atoms with Crippen molar-refractivity contribution in [3.8, 4) is 0 Å². The Morgan fingerprint density at radius 1 is 1.03 bits per heavy atom. The lowest BCUT2D eigenvalue weighted by Gasteiger charge is -2.54. The number of rotatable bonds is 4. The van der Waals surface area contributed by atoms with Crippen molar-refractivity contribution in [1.29, 1.82) is 0 Å². The molecule has 158 valence electrons. The highest BCUT2D eigenvalue weighted by Gasteiger charge is 2.45. The Labute approximate surface area is 177 Å². The minimum Gasteiger partial charge on any atom is -0.355 e. The zero-order valence-electron chi connectivity index (χ0n) is 16.5. The summed E-state index contributed by atoms with van der Waals surface area (Å²) in [5.41, 5.74) is 1.65. The van der Waals surface area contributed by atoms with E-state index in [2.05, 4.69) is 44.0 Å². The van der Waals surface area contributed by atoms with Gasteiger partial charge in [0.25, 0.3) is 0 Å². The Morgan fingerprint density at radius 2 is 1.77 bits per heavy atom. The second-order valence-electron chi connectivity index (χ2n) is 8.54. The molecule has 30 heavy (non-hydrogen) atoms. The van der Waals surface area contributed by atoms with Crippen LogP contribution in [0.5, 0.6) is 0 Å². The standard InChI is InChI=1S/C22H23F3N4S/c23-22(24,25)11-17-10-18-19(26-15-27-20(18)30-17)29-13-21(14-29)6-8-28(9-7-21)12-16-4-2-1-3-5-16/h1-5,10,15H,6-9,11-14H2. The van der Waals surface area contributed by atoms with E-state index >= 15 is 0 Å². The molecular formula is C22H23F3N4S. The van der Waals surface area contributed by atoms with Crippen molar-refractivity contribution in [2.75, 3.05) is 31.1 Å². The van der Waals surface area contributed by atoms with E-state index in [1.807, 2.05) is 6.07 Å². The first-order valence-electron chi connectivity index (χ1n) is 10.2. The molecule has 0 amide bonds. The van der Waals surface area contributed by atoms with Crippen molar-refractivity contribution in [1.82, 2.24) is 14.9 Å². The predicted octanol–water partition coefficient (Wildman–Crippen LogP) is 4.90. The summed E-state index contributed by atoms with van der Waals surface area (Å²) in [6, 6.07) is 12.2. The molecule has 2 aliphatic heterocycles. The molecule has 1 spiro atoms. The minimum absolute atomic E-state index is 0.295. The van der Waals surface area contributed by atoms with Crippen LogP contribution in [0.15, 0.2) is 42.7 Å². The predicted molar refractivity (Wildman–Crippen MR) is 113 cm³/mol. The van der Waals surface area contributed by atoms with Gasteiger partial charge in [-0.1, -0.05) is 30.3 Å². The van der Waals surface area contributed by atoms with E-state index in [4.69, 9.17) is 0 Å². The number of hydrogen-bond donors (Lipinski definition) is 0. The number of anilines is 1. The third kappa shape index (κ3) is 4.03. The lowest BCUT2D eigenvalue weighted by atomic mass is 9.72. The van der Waals surface area contributed by atoms with Crippen LogP contribution >= 0.6 is 11.3 Å². The molecule has 5 rings (SSSR count). The average molecular weight is 433 g/mol. The number of aromatic nitrogens is 2. The number of likely N-dealkylation sites (tertiary alicyclic amines) is 1. The van der Waals surface area contributed by atoms with Crippen molar-refractivity contribution in [3.05, 3.63) is 53.2 Å². The topological polar surface area (TPSA) is 32.3 Å². The largest absolute Gasteiger partial charge is 0.393 e. The van der Waals surface area contributed by atoms with Crippen molar-refractivity contribution in [2.45, 2.75) is 32.0 Å². The zero-order valence-corrected chi connectivity index (χ0v) is 17.3. The first-order valence-corrected chi connectivity index (χ1v) is 11.0. The molecule has 0 unspecified atom stereocenters. The van der Waals surface area contributed by atoms with E-state index in [0.717, 1.165) is 68.1 Å². The fourth-order valence-electron chi connectivity index (χ4n) is 4.69. The van der Waals surface area contributed by atoms with Crippen LogP contribution in [0.3, 0.4) is 0 Å². The van der Waals surface area contributed by atoms with Gasteiger partial charge in [-0.15, -0.1) is 11.3 Å². The number of thiophene rings is 1. The monoisotopic (exact) mass is 432 g/mol. The average Bonchev–Trinajstić information content (AvgIpc) is 3.08. The molecule has 0 bridgehead atoms. The summed E-state index contributed by atoms with van der Waals surface area (Å²) < 4.78 is 38.3. The Morgan fingerprint density at radius 3 is 2.47 bits per heavy atom. The van der Waals surface area contributed by atoms with Crippen LogP contribution in [0.4, 0.5) is 19.0 Å². The summed E-state index contributed by atoms with van der Waals surface area (Å²) in [6.45, 7) is 4.99. The van der Waals surface area contributed by atoms with E-state index in [-0.39, 0.29) is 0 Å². The molecule has 2 aliphatic rings. The second kappa shape index (κ2) is 7.50. The SMILES string of the molecule is FC(F)(F)Cc1cc2c(N3CC4(CCN(Cc5ccccc5)CC4)C3)ncnc2s1. The minimum atomic E-state index is -4.21. The fraction of sp³-hybridized carbons (Fsp3) is 0.455. The van der Waals surface area contributed by atoms with Crippen LogP contribution in [-0.2, 0) is 13.0 Å². The molecule has 4 nitrogen and oxygen atoms in total. The van der Waals surface area contributed by atoms with Gasteiger partial charge in [0.05, 0.1) is 11.8 Å². The van der Waals surface area contributed by atoms with Crippen molar-refractivity contribution >= 4 is 27.4 Å².